The van der Waals surface area contributed by atoms with Gasteiger partial charge in [-0.1, -0.05) is 64.7 Å². The zero-order valence-electron chi connectivity index (χ0n) is 29.4. The first kappa shape index (κ1) is 35.0. The molecule has 0 bridgehead atoms. The average Bonchev–Trinajstić information content (AvgIpc) is 3.63. The molecule has 46 heavy (non-hydrogen) atoms. The number of aliphatic hydroxyl groups excluding tert-OH is 1. The highest BCUT2D eigenvalue weighted by molar-refractivity contribution is 5.93. The van der Waals surface area contributed by atoms with Crippen LogP contribution in [-0.4, -0.2) is 81.4 Å². The van der Waals surface area contributed by atoms with Crippen LogP contribution in [-0.2, 0) is 9.53 Å². The van der Waals surface area contributed by atoms with Crippen molar-refractivity contribution in [2.45, 2.75) is 192 Å². The number of guanidine groups is 2. The van der Waals surface area contributed by atoms with Crippen LogP contribution in [0.3, 0.4) is 0 Å². The minimum atomic E-state index is -0.332. The van der Waals surface area contributed by atoms with Crippen molar-refractivity contribution < 1.29 is 19.2 Å². The summed E-state index contributed by atoms with van der Waals surface area (Å²) in [6.45, 7) is 9.45. The largest absolute Gasteiger partial charge is 0.459 e. The van der Waals surface area contributed by atoms with Crippen LogP contribution in [0.25, 0.3) is 0 Å². The summed E-state index contributed by atoms with van der Waals surface area (Å²) in [7, 11) is 0. The first-order valence-corrected chi connectivity index (χ1v) is 19.1. The molecule has 0 unspecified atom stereocenters. The van der Waals surface area contributed by atoms with Gasteiger partial charge in [-0.2, -0.15) is 0 Å². The van der Waals surface area contributed by atoms with Gasteiger partial charge in [0.1, 0.15) is 11.6 Å². The van der Waals surface area contributed by atoms with Crippen molar-refractivity contribution in [1.29, 1.82) is 0 Å². The van der Waals surface area contributed by atoms with Crippen LogP contribution < -0.4 is 16.4 Å². The Bertz CT molecular complexity index is 1120. The molecular formula is C37H65N6O3+. The van der Waals surface area contributed by atoms with Crippen LogP contribution in [0.1, 0.15) is 150 Å². The van der Waals surface area contributed by atoms with E-state index in [9.17, 15) is 9.90 Å². The number of hydrogen-bond acceptors (Lipinski definition) is 8. The smallest absolute Gasteiger partial charge is 0.348 e. The molecule has 5 heterocycles. The molecule has 0 amide bonds. The van der Waals surface area contributed by atoms with Gasteiger partial charge in [0.2, 0.25) is 0 Å². The van der Waals surface area contributed by atoms with Crippen molar-refractivity contribution in [2.24, 2.45) is 16.6 Å². The predicted molar refractivity (Wildman–Crippen MR) is 186 cm³/mol. The van der Waals surface area contributed by atoms with Crippen LogP contribution in [0.4, 0.5) is 0 Å². The van der Waals surface area contributed by atoms with Gasteiger partial charge < -0.3 is 20.1 Å². The Labute approximate surface area is 278 Å². The molecule has 5 aliphatic heterocycles. The van der Waals surface area contributed by atoms with Crippen molar-refractivity contribution in [3.8, 4) is 0 Å². The number of esters is 1. The highest BCUT2D eigenvalue weighted by Crippen LogP contribution is 2.38. The lowest BCUT2D eigenvalue weighted by atomic mass is 9.90. The fraction of sp³-hybridized carbons (Fsp3) is 0.865. The molecule has 3 saturated heterocycles. The Balaban J connectivity index is 0.980. The van der Waals surface area contributed by atoms with Crippen molar-refractivity contribution >= 4 is 17.9 Å². The third-order valence-electron chi connectivity index (χ3n) is 11.5. The fourth-order valence-electron chi connectivity index (χ4n) is 9.15. The normalized spacial score (nSPS) is 29.9. The number of nitrogens with two attached hydrogens (primary N) is 1. The zero-order chi connectivity index (χ0) is 32.6. The molecule has 3 fully saturated rings. The molecule has 8 atom stereocenters. The van der Waals surface area contributed by atoms with Gasteiger partial charge in [-0.15, -0.1) is 0 Å². The number of nitrogens with zero attached hydrogens (tertiary/aromatic N) is 3. The number of carbonyl (C=O) groups excluding carboxylic acids is 1. The molecule has 0 aromatic rings. The number of aliphatic hydroxyl groups is 1. The molecule has 0 spiro atoms. The Morgan fingerprint density at radius 3 is 2.61 bits per heavy atom. The summed E-state index contributed by atoms with van der Waals surface area (Å²) in [5, 5.41) is 17.6. The topological polar surface area (TPSA) is 115 Å². The van der Waals surface area contributed by atoms with Gasteiger partial charge in [0.25, 0.3) is 0 Å². The fourth-order valence-corrected chi connectivity index (χ4v) is 9.15. The first-order chi connectivity index (χ1) is 22.3. The van der Waals surface area contributed by atoms with E-state index in [1.165, 1.54) is 83.0 Å². The van der Waals surface area contributed by atoms with Crippen LogP contribution >= 0.6 is 0 Å². The molecule has 9 heteroatoms. The number of nitrogens with one attached hydrogen (secondary N) is 2. The number of rotatable bonds is 18. The van der Waals surface area contributed by atoms with Gasteiger partial charge in [0, 0.05) is 31.1 Å². The minimum absolute atomic E-state index is 0.0750. The van der Waals surface area contributed by atoms with E-state index < -0.39 is 0 Å². The Kier molecular flexibility index (Phi) is 12.7. The maximum Gasteiger partial charge on any atom is 0.348 e. The molecule has 260 valence electrons. The van der Waals surface area contributed by atoms with Gasteiger partial charge in [-0.3, -0.25) is 15.3 Å². The number of unbranched alkanes of at least 4 members (excludes halogenated alkanes) is 8. The maximum atomic E-state index is 13.4. The molecule has 5 aliphatic rings. The van der Waals surface area contributed by atoms with E-state index >= 15 is 0 Å². The molecule has 0 aromatic heterocycles. The summed E-state index contributed by atoms with van der Waals surface area (Å²) < 4.78 is 8.15. The number of ether oxygens (including phenoxy) is 1. The summed E-state index contributed by atoms with van der Waals surface area (Å²) in [6.07, 6.45) is 21.0. The third-order valence-corrected chi connectivity index (χ3v) is 11.5. The molecule has 9 nitrogen and oxygen atoms in total. The van der Waals surface area contributed by atoms with Gasteiger partial charge >= 0.3 is 11.9 Å². The van der Waals surface area contributed by atoms with E-state index in [1.54, 1.807) is 0 Å². The second-order valence-electron chi connectivity index (χ2n) is 15.3. The van der Waals surface area contributed by atoms with Crippen molar-refractivity contribution in [3.05, 3.63) is 11.3 Å². The summed E-state index contributed by atoms with van der Waals surface area (Å²) in [5.74, 6) is 2.26. The van der Waals surface area contributed by atoms with Gasteiger partial charge in [0.15, 0.2) is 5.96 Å². The SMILES string of the molecule is CCCCCCC[C@H](O)C[C@@H]1CC[C@H]2C(C(=O)O[C@H](C)CCCCCCC[C@H]3CN=C4N[C@@H](C)C[C@H]5CC[C@@H]3N45)=C(C)NC(N)=[N+]12. The minimum Gasteiger partial charge on any atom is -0.459 e. The van der Waals surface area contributed by atoms with E-state index in [0.717, 1.165) is 50.8 Å². The van der Waals surface area contributed by atoms with E-state index in [0.29, 0.717) is 42.0 Å². The standard InChI is InChI=1S/C37H64N6O3/c1-5-6-7-9-14-17-31(44)23-30-19-21-33-34(27(4)41-36(38)42(30)33)35(45)46-26(3)15-12-10-8-11-13-16-28-24-39-37-40-25(2)22-29-18-20-32(28)43(29)37/h25-26,28-33,44H,5-24H2,1-4H3,(H3,38,39,40,41,45)/p+1/t25-,26+,28-,29+,30-,31-,32-,33-/m0/s1. The lowest BCUT2D eigenvalue weighted by Crippen LogP contribution is -2.60. The number of allylic oxidation sites excluding steroid dienone is 1. The quantitative estimate of drug-likeness (QED) is 0.0863. The highest BCUT2D eigenvalue weighted by atomic mass is 16.5. The molecule has 0 aliphatic carbocycles. The number of aliphatic imine (C=N–C) groups is 1. The number of hydrogen-bond donors (Lipinski definition) is 4. The molecule has 5 N–H and O–H groups in total. The van der Waals surface area contributed by atoms with Crippen molar-refractivity contribution in [2.75, 3.05) is 6.54 Å². The number of fused-ring (bicyclic) bond motifs is 1. The summed E-state index contributed by atoms with van der Waals surface area (Å²) in [6, 6.07) is 2.01. The van der Waals surface area contributed by atoms with Crippen LogP contribution in [0, 0.1) is 5.92 Å². The molecular weight excluding hydrogens is 576 g/mol. The van der Waals surface area contributed by atoms with Crippen LogP contribution in [0.2, 0.25) is 0 Å². The van der Waals surface area contributed by atoms with Crippen molar-refractivity contribution in [3.63, 3.8) is 0 Å². The van der Waals surface area contributed by atoms with Gasteiger partial charge in [-0.25, -0.2) is 10.1 Å². The molecule has 5 rings (SSSR count). The molecule has 0 saturated carbocycles. The summed E-state index contributed by atoms with van der Waals surface area (Å²) >= 11 is 0. The van der Waals surface area contributed by atoms with Gasteiger partial charge in [0.05, 0.1) is 23.9 Å². The van der Waals surface area contributed by atoms with E-state index in [2.05, 4.69) is 34.0 Å². The second kappa shape index (κ2) is 16.7. The lowest BCUT2D eigenvalue weighted by molar-refractivity contribution is -0.576. The second-order valence-corrected chi connectivity index (χ2v) is 15.3. The van der Waals surface area contributed by atoms with Gasteiger partial charge in [-0.05, 0) is 84.5 Å². The average molecular weight is 642 g/mol. The van der Waals surface area contributed by atoms with E-state index in [-0.39, 0.29) is 30.3 Å². The van der Waals surface area contributed by atoms with Crippen molar-refractivity contribution in [1.82, 2.24) is 15.5 Å². The monoisotopic (exact) mass is 642 g/mol. The lowest BCUT2D eigenvalue weighted by Gasteiger charge is -2.45. The van der Waals surface area contributed by atoms with Crippen LogP contribution in [0.15, 0.2) is 16.3 Å². The van der Waals surface area contributed by atoms with E-state index in [4.69, 9.17) is 15.5 Å². The summed E-state index contributed by atoms with van der Waals surface area (Å²) in [4.78, 5) is 21.0. The first-order valence-electron chi connectivity index (χ1n) is 19.1. The Morgan fingerprint density at radius 2 is 1.80 bits per heavy atom. The predicted octanol–water partition coefficient (Wildman–Crippen LogP) is 5.70. The third kappa shape index (κ3) is 8.59. The molecule has 0 aromatic carbocycles. The zero-order valence-corrected chi connectivity index (χ0v) is 29.4. The Hall–Kier alpha value is -2.29. The summed E-state index contributed by atoms with van der Waals surface area (Å²) in [5.41, 5.74) is 7.96. The van der Waals surface area contributed by atoms with Crippen LogP contribution in [0.5, 0.6) is 0 Å². The van der Waals surface area contributed by atoms with E-state index in [1.807, 2.05) is 13.8 Å². The number of carbonyl (C=O) groups is 1. The highest BCUT2D eigenvalue weighted by Gasteiger charge is 2.46. The molecule has 0 radical (unpaired) electrons. The Morgan fingerprint density at radius 1 is 1.07 bits per heavy atom. The maximum absolute atomic E-state index is 13.4.